The van der Waals surface area contributed by atoms with Gasteiger partial charge in [-0.2, -0.15) is 0 Å². The number of rotatable bonds is 7. The molecule has 0 aliphatic rings. The summed E-state index contributed by atoms with van der Waals surface area (Å²) in [5.41, 5.74) is 14.0. The molecular weight excluding hydrogens is 701 g/mol. The molecule has 0 aliphatic carbocycles. The van der Waals surface area contributed by atoms with Crippen LogP contribution in [-0.4, -0.2) is 4.57 Å². The van der Waals surface area contributed by atoms with E-state index in [0.29, 0.717) is 0 Å². The molecule has 0 saturated heterocycles. The first kappa shape index (κ1) is 33.6. The van der Waals surface area contributed by atoms with Crippen LogP contribution in [0, 0.1) is 0 Å². The van der Waals surface area contributed by atoms with Gasteiger partial charge in [-0.3, -0.25) is 0 Å². The lowest BCUT2D eigenvalue weighted by Gasteiger charge is -2.28. The number of hydrogen-bond donors (Lipinski definition) is 0. The van der Waals surface area contributed by atoms with Gasteiger partial charge in [0.05, 0.1) is 16.7 Å². The monoisotopic (exact) mass is 738 g/mol. The second-order valence-electron chi connectivity index (χ2n) is 15.0. The predicted octanol–water partition coefficient (Wildman–Crippen LogP) is 15.6. The van der Waals surface area contributed by atoms with Crippen molar-refractivity contribution in [2.45, 2.75) is 0 Å². The van der Waals surface area contributed by atoms with Crippen molar-refractivity contribution in [3.8, 4) is 39.1 Å². The molecule has 0 amide bonds. The fourth-order valence-electron chi connectivity index (χ4n) is 8.80. The van der Waals surface area contributed by atoms with E-state index in [1.807, 2.05) is 0 Å². The van der Waals surface area contributed by atoms with Gasteiger partial charge in [0.15, 0.2) is 0 Å². The van der Waals surface area contributed by atoms with Crippen LogP contribution in [0.2, 0.25) is 0 Å². The standard InChI is InChI=1S/C56H38N2/c1-2-20-47(21-3-1)58-54-26-11-9-23-52(54)56-51(24-13-27-55(56)58)46-19-12-18-45(37-46)50-22-8-10-25-53(50)57(49-35-32-40-15-5-7-17-43(40)38-49)48-33-30-41(31-34-48)44-29-28-39-14-4-6-16-42(39)36-44/h1-38H. The highest BCUT2D eigenvalue weighted by atomic mass is 15.1. The Balaban J connectivity index is 1.06. The van der Waals surface area contributed by atoms with Crippen LogP contribution in [0.4, 0.5) is 17.1 Å². The van der Waals surface area contributed by atoms with Gasteiger partial charge in [0.1, 0.15) is 0 Å². The number of fused-ring (bicyclic) bond motifs is 5. The molecule has 2 heteroatoms. The molecule has 11 rings (SSSR count). The molecule has 0 atom stereocenters. The van der Waals surface area contributed by atoms with Gasteiger partial charge in [-0.15, -0.1) is 0 Å². The maximum atomic E-state index is 2.41. The van der Waals surface area contributed by atoms with Gasteiger partial charge < -0.3 is 9.47 Å². The summed E-state index contributed by atoms with van der Waals surface area (Å²) in [5, 5.41) is 7.44. The Morgan fingerprint density at radius 1 is 0.310 bits per heavy atom. The Hall–Kier alpha value is -7.68. The van der Waals surface area contributed by atoms with Crippen LogP contribution >= 0.6 is 0 Å². The van der Waals surface area contributed by atoms with Crippen molar-refractivity contribution in [3.63, 3.8) is 0 Å². The molecule has 0 aliphatic heterocycles. The second-order valence-corrected chi connectivity index (χ2v) is 15.0. The molecule has 11 aromatic rings. The number of para-hydroxylation sites is 3. The first-order valence-corrected chi connectivity index (χ1v) is 19.9. The minimum Gasteiger partial charge on any atom is -0.310 e. The van der Waals surface area contributed by atoms with Gasteiger partial charge in [0.25, 0.3) is 0 Å². The maximum Gasteiger partial charge on any atom is 0.0547 e. The Bertz CT molecular complexity index is 3280. The molecule has 0 spiro atoms. The average Bonchev–Trinajstić information content (AvgIpc) is 3.64. The lowest BCUT2D eigenvalue weighted by Crippen LogP contribution is -2.11. The molecule has 0 bridgehead atoms. The molecule has 10 aromatic carbocycles. The van der Waals surface area contributed by atoms with Gasteiger partial charge in [0, 0.05) is 33.4 Å². The molecule has 0 radical (unpaired) electrons. The van der Waals surface area contributed by atoms with Crippen molar-refractivity contribution in [2.75, 3.05) is 4.90 Å². The summed E-state index contributed by atoms with van der Waals surface area (Å²) < 4.78 is 2.39. The minimum absolute atomic E-state index is 1.10. The van der Waals surface area contributed by atoms with E-state index >= 15 is 0 Å². The highest BCUT2D eigenvalue weighted by Crippen LogP contribution is 2.44. The van der Waals surface area contributed by atoms with E-state index in [1.54, 1.807) is 0 Å². The highest BCUT2D eigenvalue weighted by molar-refractivity contribution is 6.16. The van der Waals surface area contributed by atoms with Crippen LogP contribution in [-0.2, 0) is 0 Å². The van der Waals surface area contributed by atoms with Gasteiger partial charge in [-0.1, -0.05) is 164 Å². The lowest BCUT2D eigenvalue weighted by atomic mass is 9.94. The van der Waals surface area contributed by atoms with Crippen LogP contribution in [0.15, 0.2) is 231 Å². The van der Waals surface area contributed by atoms with Gasteiger partial charge in [-0.05, 0) is 116 Å². The van der Waals surface area contributed by atoms with Crippen molar-refractivity contribution in [1.82, 2.24) is 4.57 Å². The van der Waals surface area contributed by atoms with Crippen molar-refractivity contribution < 1.29 is 0 Å². The van der Waals surface area contributed by atoms with E-state index in [4.69, 9.17) is 0 Å². The second kappa shape index (κ2) is 14.1. The summed E-state index contributed by atoms with van der Waals surface area (Å²) in [6, 6.07) is 83.7. The molecule has 272 valence electrons. The first-order valence-electron chi connectivity index (χ1n) is 19.9. The Labute approximate surface area is 338 Å². The molecule has 0 fully saturated rings. The Morgan fingerprint density at radius 3 is 1.69 bits per heavy atom. The Kier molecular flexibility index (Phi) is 8.19. The number of aromatic nitrogens is 1. The third-order valence-corrected chi connectivity index (χ3v) is 11.5. The molecule has 2 nitrogen and oxygen atoms in total. The van der Waals surface area contributed by atoms with E-state index in [2.05, 4.69) is 240 Å². The van der Waals surface area contributed by atoms with Crippen LogP contribution < -0.4 is 4.90 Å². The van der Waals surface area contributed by atoms with Crippen LogP contribution in [0.5, 0.6) is 0 Å². The maximum absolute atomic E-state index is 2.41. The smallest absolute Gasteiger partial charge is 0.0547 e. The molecule has 0 saturated carbocycles. The number of nitrogens with zero attached hydrogens (tertiary/aromatic N) is 2. The molecule has 1 heterocycles. The average molecular weight is 739 g/mol. The van der Waals surface area contributed by atoms with Crippen LogP contribution in [0.1, 0.15) is 0 Å². The van der Waals surface area contributed by atoms with E-state index in [9.17, 15) is 0 Å². The fraction of sp³-hybridized carbons (Fsp3) is 0. The third-order valence-electron chi connectivity index (χ3n) is 11.5. The molecule has 1 aromatic heterocycles. The van der Waals surface area contributed by atoms with Crippen molar-refractivity contribution in [1.29, 1.82) is 0 Å². The molecular formula is C56H38N2. The van der Waals surface area contributed by atoms with E-state index in [0.717, 1.165) is 33.9 Å². The topological polar surface area (TPSA) is 8.17 Å². The van der Waals surface area contributed by atoms with Gasteiger partial charge in [0.2, 0.25) is 0 Å². The molecule has 0 N–H and O–H groups in total. The van der Waals surface area contributed by atoms with Gasteiger partial charge in [-0.25, -0.2) is 0 Å². The lowest BCUT2D eigenvalue weighted by molar-refractivity contribution is 1.18. The number of hydrogen-bond acceptors (Lipinski definition) is 1. The predicted molar refractivity (Wildman–Crippen MR) is 247 cm³/mol. The zero-order valence-electron chi connectivity index (χ0n) is 31.8. The summed E-state index contributed by atoms with van der Waals surface area (Å²) in [5.74, 6) is 0. The Morgan fingerprint density at radius 2 is 0.879 bits per heavy atom. The summed E-state index contributed by atoms with van der Waals surface area (Å²) >= 11 is 0. The SMILES string of the molecule is c1ccc(-n2c3ccccc3c3c(-c4cccc(-c5ccccc5N(c5ccc(-c6ccc7ccccc7c6)cc5)c5ccc6ccccc6c5)c4)cccc32)cc1. The van der Waals surface area contributed by atoms with Crippen LogP contribution in [0.3, 0.4) is 0 Å². The van der Waals surface area contributed by atoms with Crippen molar-refractivity contribution in [3.05, 3.63) is 231 Å². The quantitative estimate of drug-likeness (QED) is 0.158. The summed E-state index contributed by atoms with van der Waals surface area (Å²) in [6.45, 7) is 0. The van der Waals surface area contributed by atoms with Gasteiger partial charge >= 0.3 is 0 Å². The fourth-order valence-corrected chi connectivity index (χ4v) is 8.80. The van der Waals surface area contributed by atoms with E-state index in [-0.39, 0.29) is 0 Å². The highest BCUT2D eigenvalue weighted by Gasteiger charge is 2.20. The summed E-state index contributed by atoms with van der Waals surface area (Å²) in [6.07, 6.45) is 0. The van der Waals surface area contributed by atoms with E-state index < -0.39 is 0 Å². The first-order chi connectivity index (χ1) is 28.8. The number of anilines is 3. The van der Waals surface area contributed by atoms with Crippen molar-refractivity contribution in [2.24, 2.45) is 0 Å². The van der Waals surface area contributed by atoms with Crippen molar-refractivity contribution >= 4 is 60.4 Å². The summed E-state index contributed by atoms with van der Waals surface area (Å²) in [4.78, 5) is 2.41. The third kappa shape index (κ3) is 5.82. The zero-order valence-corrected chi connectivity index (χ0v) is 31.8. The zero-order chi connectivity index (χ0) is 38.4. The minimum atomic E-state index is 1.10. The van der Waals surface area contributed by atoms with E-state index in [1.165, 1.54) is 65.6 Å². The molecule has 58 heavy (non-hydrogen) atoms. The number of benzene rings is 10. The van der Waals surface area contributed by atoms with Crippen LogP contribution in [0.25, 0.3) is 82.4 Å². The molecule has 0 unspecified atom stereocenters. The normalized spacial score (nSPS) is 11.4. The largest absolute Gasteiger partial charge is 0.310 e. The summed E-state index contributed by atoms with van der Waals surface area (Å²) in [7, 11) is 0.